The van der Waals surface area contributed by atoms with Gasteiger partial charge in [-0.2, -0.15) is 0 Å². The smallest absolute Gasteiger partial charge is 0.143 e. The molecule has 56 heavy (non-hydrogen) atoms. The summed E-state index contributed by atoms with van der Waals surface area (Å²) in [5.41, 5.74) is 14.9. The van der Waals surface area contributed by atoms with Crippen LogP contribution in [0.5, 0.6) is 0 Å². The van der Waals surface area contributed by atoms with Crippen molar-refractivity contribution in [1.29, 1.82) is 0 Å². The maximum Gasteiger partial charge on any atom is 0.143 e. The number of hydrogen-bond acceptors (Lipinski definition) is 2. The highest BCUT2D eigenvalue weighted by atomic mass is 16.3. The number of furan rings is 1. The monoisotopic (exact) mass is 711 g/mol. The molecule has 0 amide bonds. The van der Waals surface area contributed by atoms with E-state index in [2.05, 4.69) is 193 Å². The predicted molar refractivity (Wildman–Crippen MR) is 236 cm³/mol. The number of para-hydroxylation sites is 2. The SMILES string of the molecule is c1cc(-c2ccc3ccc4ccccc4c3c2)cc(N(c2ccc(-c3cccc4c3oc3ccccc34)cc2)c2ccc3c4c(cccc24)-c2ccccc2-3)c1. The van der Waals surface area contributed by atoms with Crippen molar-refractivity contribution >= 4 is 71.3 Å². The van der Waals surface area contributed by atoms with Crippen LogP contribution >= 0.6 is 0 Å². The minimum Gasteiger partial charge on any atom is -0.455 e. The zero-order valence-corrected chi connectivity index (χ0v) is 30.4. The number of hydrogen-bond donors (Lipinski definition) is 0. The second kappa shape index (κ2) is 12.0. The Bertz CT molecular complexity index is 3340. The van der Waals surface area contributed by atoms with Gasteiger partial charge in [-0.1, -0.05) is 158 Å². The van der Waals surface area contributed by atoms with Gasteiger partial charge in [0, 0.05) is 33.1 Å². The first-order chi connectivity index (χ1) is 27.8. The van der Waals surface area contributed by atoms with Gasteiger partial charge in [0.15, 0.2) is 0 Å². The fourth-order valence-corrected chi connectivity index (χ4v) is 9.19. The first-order valence-electron chi connectivity index (χ1n) is 19.3. The van der Waals surface area contributed by atoms with Gasteiger partial charge in [0.25, 0.3) is 0 Å². The van der Waals surface area contributed by atoms with Crippen molar-refractivity contribution in [1.82, 2.24) is 0 Å². The second-order valence-electron chi connectivity index (χ2n) is 14.8. The average molecular weight is 712 g/mol. The molecule has 11 aromatic rings. The number of benzene rings is 10. The van der Waals surface area contributed by atoms with E-state index in [-0.39, 0.29) is 0 Å². The molecule has 0 radical (unpaired) electrons. The number of rotatable bonds is 5. The molecule has 1 aliphatic rings. The van der Waals surface area contributed by atoms with E-state index in [4.69, 9.17) is 4.42 Å². The van der Waals surface area contributed by atoms with Crippen LogP contribution in [-0.4, -0.2) is 0 Å². The van der Waals surface area contributed by atoms with E-state index in [9.17, 15) is 0 Å². The summed E-state index contributed by atoms with van der Waals surface area (Å²) in [4.78, 5) is 2.43. The summed E-state index contributed by atoms with van der Waals surface area (Å²) in [5, 5.41) is 9.86. The molecule has 2 heteroatoms. The molecule has 0 atom stereocenters. The first kappa shape index (κ1) is 31.0. The van der Waals surface area contributed by atoms with Crippen LogP contribution in [0, 0.1) is 0 Å². The molecule has 0 N–H and O–H groups in total. The molecule has 0 fully saturated rings. The van der Waals surface area contributed by atoms with Crippen LogP contribution in [0.4, 0.5) is 17.1 Å². The summed E-state index contributed by atoms with van der Waals surface area (Å²) in [5.74, 6) is 0. The van der Waals surface area contributed by atoms with Crippen molar-refractivity contribution in [3.8, 4) is 44.5 Å². The van der Waals surface area contributed by atoms with Crippen LogP contribution in [0.15, 0.2) is 205 Å². The first-order valence-corrected chi connectivity index (χ1v) is 19.3. The zero-order valence-electron chi connectivity index (χ0n) is 30.4. The van der Waals surface area contributed by atoms with Crippen molar-refractivity contribution in [2.45, 2.75) is 0 Å². The highest BCUT2D eigenvalue weighted by Gasteiger charge is 2.25. The lowest BCUT2D eigenvalue weighted by molar-refractivity contribution is 0.670. The molecule has 1 aliphatic carbocycles. The Balaban J connectivity index is 1.04. The topological polar surface area (TPSA) is 16.4 Å². The molecule has 2 nitrogen and oxygen atoms in total. The van der Waals surface area contributed by atoms with Gasteiger partial charge < -0.3 is 9.32 Å². The maximum absolute atomic E-state index is 6.45. The molecular weight excluding hydrogens is 679 g/mol. The van der Waals surface area contributed by atoms with E-state index in [1.807, 2.05) is 12.1 Å². The fourth-order valence-electron chi connectivity index (χ4n) is 9.19. The third-order valence-electron chi connectivity index (χ3n) is 11.8. The summed E-state index contributed by atoms with van der Waals surface area (Å²) >= 11 is 0. The Kier molecular flexibility index (Phi) is 6.66. The molecule has 1 aromatic heterocycles. The summed E-state index contributed by atoms with van der Waals surface area (Å²) in [6.45, 7) is 0. The van der Waals surface area contributed by atoms with E-state index in [1.165, 1.54) is 65.7 Å². The molecule has 0 saturated heterocycles. The Hall–Kier alpha value is -7.42. The Morgan fingerprint density at radius 2 is 0.929 bits per heavy atom. The molecule has 1 heterocycles. The van der Waals surface area contributed by atoms with Crippen molar-refractivity contribution in [3.63, 3.8) is 0 Å². The highest BCUT2D eigenvalue weighted by Crippen LogP contribution is 2.51. The molecule has 0 saturated carbocycles. The average Bonchev–Trinajstić information content (AvgIpc) is 3.81. The summed E-state index contributed by atoms with van der Waals surface area (Å²) in [7, 11) is 0. The van der Waals surface area contributed by atoms with Crippen LogP contribution in [0.25, 0.3) is 98.8 Å². The Morgan fingerprint density at radius 3 is 1.79 bits per heavy atom. The van der Waals surface area contributed by atoms with E-state index in [1.54, 1.807) is 0 Å². The summed E-state index contributed by atoms with van der Waals surface area (Å²) < 4.78 is 6.45. The quantitative estimate of drug-likeness (QED) is 0.165. The molecular formula is C54H33NO. The normalized spacial score (nSPS) is 11.9. The maximum atomic E-state index is 6.45. The molecule has 260 valence electrons. The molecule has 10 aromatic carbocycles. The van der Waals surface area contributed by atoms with Gasteiger partial charge in [-0.05, 0) is 108 Å². The van der Waals surface area contributed by atoms with Crippen LogP contribution in [0.1, 0.15) is 0 Å². The van der Waals surface area contributed by atoms with Gasteiger partial charge in [0.1, 0.15) is 11.2 Å². The predicted octanol–water partition coefficient (Wildman–Crippen LogP) is 15.5. The van der Waals surface area contributed by atoms with E-state index in [0.29, 0.717) is 0 Å². The van der Waals surface area contributed by atoms with Crippen LogP contribution in [-0.2, 0) is 0 Å². The standard InChI is InChI=1S/C54H33NO/c1-2-13-41-34(10-1)22-23-36-24-25-38(33-50(36)41)37-11-7-12-40(32-37)55(51-31-30-47-44-15-4-3-14-43(44)46-18-9-20-49(51)53(46)47)39-28-26-35(27-29-39)42-17-8-19-48-45-16-5-6-21-52(45)56-54(42)48/h1-33H. The largest absolute Gasteiger partial charge is 0.455 e. The fraction of sp³-hybridized carbons (Fsp3) is 0. The lowest BCUT2D eigenvalue weighted by Crippen LogP contribution is -2.10. The molecule has 12 rings (SSSR count). The van der Waals surface area contributed by atoms with Crippen molar-refractivity contribution in [2.75, 3.05) is 4.90 Å². The summed E-state index contributed by atoms with van der Waals surface area (Å²) in [6, 6.07) is 72.8. The van der Waals surface area contributed by atoms with Gasteiger partial charge in [-0.3, -0.25) is 0 Å². The number of fused-ring (bicyclic) bond motifs is 9. The highest BCUT2D eigenvalue weighted by molar-refractivity contribution is 6.19. The van der Waals surface area contributed by atoms with E-state index in [0.717, 1.165) is 50.1 Å². The van der Waals surface area contributed by atoms with Crippen molar-refractivity contribution in [2.24, 2.45) is 0 Å². The van der Waals surface area contributed by atoms with Gasteiger partial charge in [0.05, 0.1) is 5.69 Å². The molecule has 0 aliphatic heterocycles. The summed E-state index contributed by atoms with van der Waals surface area (Å²) in [6.07, 6.45) is 0. The third-order valence-corrected chi connectivity index (χ3v) is 11.8. The third kappa shape index (κ3) is 4.63. The van der Waals surface area contributed by atoms with Crippen molar-refractivity contribution in [3.05, 3.63) is 200 Å². The van der Waals surface area contributed by atoms with E-state index >= 15 is 0 Å². The number of nitrogens with zero attached hydrogens (tertiary/aromatic N) is 1. The number of anilines is 3. The lowest BCUT2D eigenvalue weighted by atomic mass is 9.96. The Labute approximate surface area is 324 Å². The van der Waals surface area contributed by atoms with Crippen LogP contribution in [0.2, 0.25) is 0 Å². The molecule has 0 spiro atoms. The van der Waals surface area contributed by atoms with Gasteiger partial charge >= 0.3 is 0 Å². The Morgan fingerprint density at radius 1 is 0.321 bits per heavy atom. The minimum absolute atomic E-state index is 0.909. The second-order valence-corrected chi connectivity index (χ2v) is 14.8. The van der Waals surface area contributed by atoms with Crippen molar-refractivity contribution < 1.29 is 4.42 Å². The van der Waals surface area contributed by atoms with Gasteiger partial charge in [-0.15, -0.1) is 0 Å². The van der Waals surface area contributed by atoms with Gasteiger partial charge in [0.2, 0.25) is 0 Å². The molecule has 0 unspecified atom stereocenters. The van der Waals surface area contributed by atoms with Crippen LogP contribution < -0.4 is 4.90 Å². The molecule has 0 bridgehead atoms. The van der Waals surface area contributed by atoms with E-state index < -0.39 is 0 Å². The lowest BCUT2D eigenvalue weighted by Gasteiger charge is -2.28. The van der Waals surface area contributed by atoms with Gasteiger partial charge in [-0.25, -0.2) is 0 Å². The minimum atomic E-state index is 0.909. The zero-order chi connectivity index (χ0) is 36.7. The van der Waals surface area contributed by atoms with Crippen LogP contribution in [0.3, 0.4) is 0 Å².